The Hall–Kier alpha value is -4.72. The number of carbonyl (C=O) groups excluding carboxylic acids is 3. The Balaban J connectivity index is 1.01. The third-order valence-corrected chi connectivity index (χ3v) is 11.4. The predicted octanol–water partition coefficient (Wildman–Crippen LogP) is 5.79. The number of benzene rings is 2. The van der Waals surface area contributed by atoms with Crippen LogP contribution in [0, 0.1) is 31.5 Å². The van der Waals surface area contributed by atoms with Crippen LogP contribution in [0.5, 0.6) is 5.75 Å². The number of anilines is 2. The van der Waals surface area contributed by atoms with Crippen LogP contribution in [-0.4, -0.2) is 72.9 Å². The smallest absolute Gasteiger partial charge is 0.418 e. The standard InChI is InChI=1S/C40H47F4N5O5/c1-23-24(2)39(53)47(3)21-30(23)27-18-32(41)29(36(19-27)54-4)17-25-9-13-48(14-10-25)22-35(50)26-11-15-49(16-12-26)34-7-5-28(20-31(34)40(42,43)44)45-33-6-8-37(51)46-38(33)52/h5,7,18-21,25-26,33,45H,6,8-17,22H2,1-4H3,(H,46,51,52). The van der Waals surface area contributed by atoms with E-state index in [1.54, 1.807) is 25.1 Å². The number of aromatic nitrogens is 1. The van der Waals surface area contributed by atoms with Gasteiger partial charge in [-0.05, 0) is 113 Å². The van der Waals surface area contributed by atoms with Crippen molar-refractivity contribution in [2.45, 2.75) is 71.0 Å². The average Bonchev–Trinajstić information content (AvgIpc) is 3.14. The molecule has 3 aromatic rings. The molecule has 6 rings (SSSR count). The van der Waals surface area contributed by atoms with E-state index < -0.39 is 29.6 Å². The van der Waals surface area contributed by atoms with E-state index in [4.69, 9.17) is 4.74 Å². The average molecular weight is 754 g/mol. The summed E-state index contributed by atoms with van der Waals surface area (Å²) in [5.41, 5.74) is 2.57. The Morgan fingerprint density at radius 1 is 0.963 bits per heavy atom. The minimum absolute atomic E-state index is 0.0317. The highest BCUT2D eigenvalue weighted by Gasteiger charge is 2.37. The number of amides is 2. The number of hydrogen-bond donors (Lipinski definition) is 2. The van der Waals surface area contributed by atoms with Crippen molar-refractivity contribution in [1.29, 1.82) is 0 Å². The summed E-state index contributed by atoms with van der Waals surface area (Å²) in [6, 6.07) is 6.42. The van der Waals surface area contributed by atoms with E-state index in [1.165, 1.54) is 29.9 Å². The molecule has 2 amide bonds. The van der Waals surface area contributed by atoms with E-state index in [0.29, 0.717) is 67.9 Å². The van der Waals surface area contributed by atoms with E-state index in [2.05, 4.69) is 15.5 Å². The number of nitrogens with one attached hydrogen (secondary N) is 2. The summed E-state index contributed by atoms with van der Waals surface area (Å²) in [6.45, 7) is 5.86. The molecule has 14 heteroatoms. The zero-order valence-corrected chi connectivity index (χ0v) is 31.1. The lowest BCUT2D eigenvalue weighted by Gasteiger charge is -2.36. The maximum absolute atomic E-state index is 15.7. The molecule has 0 saturated carbocycles. The Kier molecular flexibility index (Phi) is 11.5. The van der Waals surface area contributed by atoms with Crippen LogP contribution in [0.15, 0.2) is 41.3 Å². The molecule has 0 aliphatic carbocycles. The number of alkyl halides is 3. The second-order valence-electron chi connectivity index (χ2n) is 14.9. The van der Waals surface area contributed by atoms with E-state index in [0.717, 1.165) is 30.0 Å². The first-order chi connectivity index (χ1) is 25.6. The number of ketones is 1. The SMILES string of the molecule is COc1cc(-c2cn(C)c(=O)c(C)c2C)cc(F)c1CC1CCN(CC(=O)C2CCN(c3ccc(NC4CCC(=O)NC4=O)cc3C(F)(F)F)CC2)CC1. The fourth-order valence-corrected chi connectivity index (χ4v) is 8.00. The third kappa shape index (κ3) is 8.48. The zero-order valence-electron chi connectivity index (χ0n) is 31.1. The number of ether oxygens (including phenoxy) is 1. The van der Waals surface area contributed by atoms with Gasteiger partial charge in [-0.1, -0.05) is 0 Å². The van der Waals surface area contributed by atoms with Gasteiger partial charge in [0.25, 0.3) is 5.56 Å². The van der Waals surface area contributed by atoms with Gasteiger partial charge in [-0.2, -0.15) is 13.2 Å². The van der Waals surface area contributed by atoms with Crippen LogP contribution in [0.1, 0.15) is 60.8 Å². The van der Waals surface area contributed by atoms with E-state index in [9.17, 15) is 32.3 Å². The third-order valence-electron chi connectivity index (χ3n) is 11.4. The van der Waals surface area contributed by atoms with Crippen LogP contribution < -0.4 is 25.8 Å². The molecular formula is C40H47F4N5O5. The van der Waals surface area contributed by atoms with Crippen LogP contribution in [0.4, 0.5) is 28.9 Å². The number of nitrogens with zero attached hydrogens (tertiary/aromatic N) is 3. The second kappa shape index (κ2) is 15.9. The Labute approximate surface area is 311 Å². The summed E-state index contributed by atoms with van der Waals surface area (Å²) in [5.74, 6) is -0.844. The minimum atomic E-state index is -4.64. The molecular weight excluding hydrogens is 706 g/mol. The lowest BCUT2D eigenvalue weighted by molar-refractivity contribution is -0.137. The highest BCUT2D eigenvalue weighted by Crippen LogP contribution is 2.40. The number of imide groups is 1. The summed E-state index contributed by atoms with van der Waals surface area (Å²) < 4.78 is 65.5. The monoisotopic (exact) mass is 753 g/mol. The van der Waals surface area contributed by atoms with Crippen molar-refractivity contribution in [2.75, 3.05) is 50.1 Å². The van der Waals surface area contributed by atoms with Gasteiger partial charge in [0.15, 0.2) is 0 Å². The van der Waals surface area contributed by atoms with Gasteiger partial charge in [-0.3, -0.25) is 29.4 Å². The number of pyridine rings is 1. The molecule has 3 aliphatic heterocycles. The number of rotatable bonds is 10. The largest absolute Gasteiger partial charge is 0.496 e. The molecule has 2 N–H and O–H groups in total. The number of hydrogen-bond acceptors (Lipinski definition) is 8. The lowest BCUT2D eigenvalue weighted by atomic mass is 9.87. The van der Waals surface area contributed by atoms with Crippen molar-refractivity contribution in [3.05, 3.63) is 75.0 Å². The number of aryl methyl sites for hydroxylation is 1. The fourth-order valence-electron chi connectivity index (χ4n) is 8.00. The van der Waals surface area contributed by atoms with Gasteiger partial charge >= 0.3 is 6.18 Å². The van der Waals surface area contributed by atoms with Crippen LogP contribution in [0.2, 0.25) is 0 Å². The molecule has 290 valence electrons. The Bertz CT molecular complexity index is 1980. The van der Waals surface area contributed by atoms with Gasteiger partial charge in [0, 0.05) is 66.7 Å². The van der Waals surface area contributed by atoms with Crippen LogP contribution in [-0.2, 0) is 34.0 Å². The number of piperidine rings is 3. The van der Waals surface area contributed by atoms with Crippen molar-refractivity contribution in [3.63, 3.8) is 0 Å². The number of halogens is 4. The zero-order chi connectivity index (χ0) is 38.9. The van der Waals surface area contributed by atoms with E-state index in [1.807, 2.05) is 13.0 Å². The number of methoxy groups -OCH3 is 1. The van der Waals surface area contributed by atoms with E-state index in [-0.39, 0.29) is 59.8 Å². The molecule has 3 saturated heterocycles. The van der Waals surface area contributed by atoms with Gasteiger partial charge in [-0.25, -0.2) is 4.39 Å². The van der Waals surface area contributed by atoms with Crippen LogP contribution >= 0.6 is 0 Å². The van der Waals surface area contributed by atoms with Crippen molar-refractivity contribution >= 4 is 29.0 Å². The molecule has 0 bridgehead atoms. The number of carbonyl (C=O) groups is 3. The quantitative estimate of drug-likeness (QED) is 0.198. The fraction of sp³-hybridized carbons (Fsp3) is 0.500. The summed E-state index contributed by atoms with van der Waals surface area (Å²) in [7, 11) is 3.20. The molecule has 1 atom stereocenters. The first-order valence-electron chi connectivity index (χ1n) is 18.5. The number of likely N-dealkylation sites (tertiary alicyclic amines) is 1. The van der Waals surface area contributed by atoms with Gasteiger partial charge in [0.1, 0.15) is 23.4 Å². The molecule has 1 aromatic heterocycles. The molecule has 54 heavy (non-hydrogen) atoms. The van der Waals surface area contributed by atoms with Gasteiger partial charge in [-0.15, -0.1) is 0 Å². The van der Waals surface area contributed by atoms with Gasteiger partial charge < -0.3 is 19.5 Å². The minimum Gasteiger partial charge on any atom is -0.496 e. The summed E-state index contributed by atoms with van der Waals surface area (Å²) in [5, 5.41) is 5.03. The first-order valence-corrected chi connectivity index (χ1v) is 18.5. The molecule has 2 aromatic carbocycles. The summed E-state index contributed by atoms with van der Waals surface area (Å²) >= 11 is 0. The maximum Gasteiger partial charge on any atom is 0.418 e. The van der Waals surface area contributed by atoms with Crippen LogP contribution in [0.3, 0.4) is 0 Å². The molecule has 0 radical (unpaired) electrons. The molecule has 3 fully saturated rings. The molecule has 1 unspecified atom stereocenters. The van der Waals surface area contributed by atoms with Crippen molar-refractivity contribution < 1.29 is 36.7 Å². The van der Waals surface area contributed by atoms with Gasteiger partial charge in [0.05, 0.1) is 19.2 Å². The lowest BCUT2D eigenvalue weighted by Crippen LogP contribution is -2.47. The van der Waals surface area contributed by atoms with Crippen molar-refractivity contribution in [1.82, 2.24) is 14.8 Å². The highest BCUT2D eigenvalue weighted by atomic mass is 19.4. The second-order valence-corrected chi connectivity index (χ2v) is 14.9. The van der Waals surface area contributed by atoms with Crippen molar-refractivity contribution in [2.24, 2.45) is 18.9 Å². The highest BCUT2D eigenvalue weighted by molar-refractivity contribution is 6.01. The molecule has 3 aliphatic rings. The maximum atomic E-state index is 15.7. The van der Waals surface area contributed by atoms with Gasteiger partial charge in [0.2, 0.25) is 11.8 Å². The molecule has 4 heterocycles. The summed E-state index contributed by atoms with van der Waals surface area (Å²) in [6.07, 6.45) is 0.314. The predicted molar refractivity (Wildman–Crippen MR) is 197 cm³/mol. The molecule has 10 nitrogen and oxygen atoms in total. The van der Waals surface area contributed by atoms with Crippen LogP contribution in [0.25, 0.3) is 11.1 Å². The molecule has 0 spiro atoms. The number of Topliss-reactive ketones (excluding diaryl/α,β-unsaturated/α-hetero) is 1. The topological polar surface area (TPSA) is 113 Å². The van der Waals surface area contributed by atoms with Crippen molar-refractivity contribution in [3.8, 4) is 16.9 Å². The normalized spacial score (nSPS) is 19.2. The first kappa shape index (κ1) is 39.0. The Morgan fingerprint density at radius 2 is 1.67 bits per heavy atom. The summed E-state index contributed by atoms with van der Waals surface area (Å²) in [4.78, 5) is 53.1. The Morgan fingerprint density at radius 3 is 2.31 bits per heavy atom. The van der Waals surface area contributed by atoms with E-state index >= 15 is 4.39 Å².